The predicted octanol–water partition coefficient (Wildman–Crippen LogP) is 1.66. The molecule has 0 radical (unpaired) electrons. The van der Waals surface area contributed by atoms with Crippen molar-refractivity contribution in [3.63, 3.8) is 0 Å². The van der Waals surface area contributed by atoms with Gasteiger partial charge >= 0.3 is 0 Å². The van der Waals surface area contributed by atoms with Gasteiger partial charge < -0.3 is 4.90 Å². The Balaban J connectivity index is 2.38. The molecular weight excluding hydrogens is 288 g/mol. The first-order valence-corrected chi connectivity index (χ1v) is 8.57. The van der Waals surface area contributed by atoms with Crippen molar-refractivity contribution in [3.05, 3.63) is 35.9 Å². The Morgan fingerprint density at radius 2 is 1.81 bits per heavy atom. The fourth-order valence-corrected chi connectivity index (χ4v) is 3.69. The quantitative estimate of drug-likeness (QED) is 0.922. The molecule has 6 heteroatoms. The monoisotopic (exact) mass is 310 g/mol. The first-order chi connectivity index (χ1) is 9.60. The number of sulfonamides is 1. The third-order valence-corrected chi connectivity index (χ3v) is 5.08. The molecule has 2 rings (SSSR count). The fraction of sp³-hybridized carbons (Fsp3) is 0.533. The van der Waals surface area contributed by atoms with Gasteiger partial charge in [0.15, 0.2) is 0 Å². The van der Waals surface area contributed by atoms with Gasteiger partial charge in [0.25, 0.3) is 0 Å². The summed E-state index contributed by atoms with van der Waals surface area (Å²) in [6.45, 7) is 6.29. The predicted molar refractivity (Wildman–Crippen MR) is 81.9 cm³/mol. The molecule has 0 spiro atoms. The molecule has 1 aromatic carbocycles. The van der Waals surface area contributed by atoms with Gasteiger partial charge in [-0.3, -0.25) is 4.79 Å². The molecule has 116 valence electrons. The lowest BCUT2D eigenvalue weighted by Gasteiger charge is -2.38. The van der Waals surface area contributed by atoms with Crippen LogP contribution in [0.1, 0.15) is 38.8 Å². The number of nitrogens with zero attached hydrogens (tertiary/aromatic N) is 1. The molecule has 1 saturated heterocycles. The normalized spacial score (nSPS) is 21.6. The molecule has 1 aliphatic rings. The maximum Gasteiger partial charge on any atom is 0.224 e. The number of nitrogens with two attached hydrogens (primary N) is 1. The van der Waals surface area contributed by atoms with Crippen LogP contribution in [-0.2, 0) is 14.8 Å². The maximum absolute atomic E-state index is 12.3. The molecule has 2 atom stereocenters. The lowest BCUT2D eigenvalue weighted by molar-refractivity contribution is -0.132. The van der Waals surface area contributed by atoms with E-state index in [4.69, 9.17) is 5.14 Å². The first-order valence-electron chi connectivity index (χ1n) is 6.96. The van der Waals surface area contributed by atoms with Crippen molar-refractivity contribution < 1.29 is 13.2 Å². The highest BCUT2D eigenvalue weighted by Gasteiger charge is 2.43. The minimum Gasteiger partial charge on any atom is -0.334 e. The molecule has 1 heterocycles. The van der Waals surface area contributed by atoms with Crippen LogP contribution in [0, 0.1) is 5.41 Å². The molecule has 2 N–H and O–H groups in total. The molecule has 1 aromatic rings. The zero-order valence-corrected chi connectivity index (χ0v) is 13.4. The van der Waals surface area contributed by atoms with Gasteiger partial charge in [-0.15, -0.1) is 0 Å². The van der Waals surface area contributed by atoms with E-state index < -0.39 is 15.3 Å². The van der Waals surface area contributed by atoms with Crippen molar-refractivity contribution in [2.24, 2.45) is 10.6 Å². The molecule has 5 nitrogen and oxygen atoms in total. The molecule has 1 fully saturated rings. The van der Waals surface area contributed by atoms with E-state index in [-0.39, 0.29) is 30.3 Å². The molecule has 0 aliphatic carbocycles. The summed E-state index contributed by atoms with van der Waals surface area (Å²) in [5.41, 5.74) is 0.804. The van der Waals surface area contributed by atoms with E-state index >= 15 is 0 Å². The number of amides is 1. The number of hydrogen-bond acceptors (Lipinski definition) is 3. The van der Waals surface area contributed by atoms with E-state index in [2.05, 4.69) is 0 Å². The van der Waals surface area contributed by atoms with Gasteiger partial charge in [-0.25, -0.2) is 13.6 Å². The van der Waals surface area contributed by atoms with Crippen molar-refractivity contribution in [2.75, 3.05) is 6.54 Å². The molecule has 0 aromatic heterocycles. The minimum absolute atomic E-state index is 0.0295. The van der Waals surface area contributed by atoms with Gasteiger partial charge in [0.05, 0.1) is 6.04 Å². The number of benzene rings is 1. The average Bonchev–Trinajstić information content (AvgIpc) is 2.71. The van der Waals surface area contributed by atoms with Crippen molar-refractivity contribution in [2.45, 2.75) is 38.5 Å². The molecule has 0 bridgehead atoms. The van der Waals surface area contributed by atoms with Crippen molar-refractivity contribution >= 4 is 15.9 Å². The minimum atomic E-state index is -3.69. The highest BCUT2D eigenvalue weighted by atomic mass is 32.2. The largest absolute Gasteiger partial charge is 0.334 e. The van der Waals surface area contributed by atoms with Crippen LogP contribution in [0.25, 0.3) is 0 Å². The molecule has 1 aliphatic heterocycles. The number of hydrogen-bond donors (Lipinski definition) is 1. The second kappa shape index (κ2) is 5.42. The van der Waals surface area contributed by atoms with Gasteiger partial charge in [-0.2, -0.15) is 0 Å². The highest BCUT2D eigenvalue weighted by Crippen LogP contribution is 2.40. The summed E-state index contributed by atoms with van der Waals surface area (Å²) in [7, 11) is -3.69. The van der Waals surface area contributed by atoms with Gasteiger partial charge in [-0.1, -0.05) is 51.1 Å². The lowest BCUT2D eigenvalue weighted by Crippen LogP contribution is -2.39. The third kappa shape index (κ3) is 3.44. The SMILES string of the molecule is CC(C)(C)C(c1ccccc1)N1CC(S(N)(=O)=O)CC1=O. The Kier molecular flexibility index (Phi) is 4.13. The van der Waals surface area contributed by atoms with Gasteiger partial charge in [0.1, 0.15) is 5.25 Å². The van der Waals surface area contributed by atoms with E-state index in [1.54, 1.807) is 4.90 Å². The zero-order chi connectivity index (χ0) is 15.8. The Bertz CT molecular complexity index is 620. The van der Waals surface area contributed by atoms with Crippen LogP contribution in [0.4, 0.5) is 0 Å². The Morgan fingerprint density at radius 3 is 2.24 bits per heavy atom. The fourth-order valence-electron chi connectivity index (χ4n) is 2.95. The Labute approximate surface area is 126 Å². The highest BCUT2D eigenvalue weighted by molar-refractivity contribution is 7.89. The van der Waals surface area contributed by atoms with Crippen molar-refractivity contribution in [1.82, 2.24) is 4.90 Å². The second-order valence-electron chi connectivity index (χ2n) is 6.64. The first kappa shape index (κ1) is 16.0. The number of carbonyl (C=O) groups excluding carboxylic acids is 1. The summed E-state index contributed by atoms with van der Waals surface area (Å²) in [5, 5.41) is 4.40. The van der Waals surface area contributed by atoms with Crippen LogP contribution < -0.4 is 5.14 Å². The molecular formula is C15H22N2O3S. The summed E-state index contributed by atoms with van der Waals surface area (Å²) in [5.74, 6) is -0.155. The molecule has 2 unspecified atom stereocenters. The van der Waals surface area contributed by atoms with Crippen LogP contribution >= 0.6 is 0 Å². The summed E-state index contributed by atoms with van der Waals surface area (Å²) in [6, 6.07) is 9.53. The lowest BCUT2D eigenvalue weighted by atomic mass is 9.81. The average molecular weight is 310 g/mol. The summed E-state index contributed by atoms with van der Waals surface area (Å²) >= 11 is 0. The maximum atomic E-state index is 12.3. The van der Waals surface area contributed by atoms with Crippen LogP contribution in [-0.4, -0.2) is 31.0 Å². The van der Waals surface area contributed by atoms with Crippen LogP contribution in [0.15, 0.2) is 30.3 Å². The number of carbonyl (C=O) groups is 1. The molecule has 1 amide bonds. The summed E-state index contributed by atoms with van der Waals surface area (Å²) in [4.78, 5) is 14.0. The van der Waals surface area contributed by atoms with Gasteiger partial charge in [0, 0.05) is 13.0 Å². The second-order valence-corrected chi connectivity index (χ2v) is 8.49. The Morgan fingerprint density at radius 1 is 1.24 bits per heavy atom. The summed E-state index contributed by atoms with van der Waals surface area (Å²) < 4.78 is 23.1. The van der Waals surface area contributed by atoms with Crippen molar-refractivity contribution in [1.29, 1.82) is 0 Å². The van der Waals surface area contributed by atoms with E-state index in [9.17, 15) is 13.2 Å². The number of primary sulfonamides is 1. The van der Waals surface area contributed by atoms with E-state index in [0.717, 1.165) is 5.56 Å². The number of rotatable bonds is 3. The Hall–Kier alpha value is -1.40. The topological polar surface area (TPSA) is 80.5 Å². The van der Waals surface area contributed by atoms with Gasteiger partial charge in [0.2, 0.25) is 15.9 Å². The zero-order valence-electron chi connectivity index (χ0n) is 12.6. The van der Waals surface area contributed by atoms with Crippen LogP contribution in [0.3, 0.4) is 0 Å². The van der Waals surface area contributed by atoms with E-state index in [1.807, 2.05) is 51.1 Å². The van der Waals surface area contributed by atoms with Crippen molar-refractivity contribution in [3.8, 4) is 0 Å². The van der Waals surface area contributed by atoms with Gasteiger partial charge in [-0.05, 0) is 11.0 Å². The smallest absolute Gasteiger partial charge is 0.224 e. The molecule has 0 saturated carbocycles. The summed E-state index contributed by atoms with van der Waals surface area (Å²) in [6.07, 6.45) is -0.0295. The van der Waals surface area contributed by atoms with E-state index in [0.29, 0.717) is 0 Å². The molecule has 21 heavy (non-hydrogen) atoms. The van der Waals surface area contributed by atoms with Crippen LogP contribution in [0.2, 0.25) is 0 Å². The third-order valence-electron chi connectivity index (χ3n) is 3.83. The van der Waals surface area contributed by atoms with Crippen LogP contribution in [0.5, 0.6) is 0 Å². The number of likely N-dealkylation sites (tertiary alicyclic amines) is 1. The standard InChI is InChI=1S/C15H22N2O3S/c1-15(2,3)14(11-7-5-4-6-8-11)17-10-12(9-13(17)18)21(16,19)20/h4-8,12,14H,9-10H2,1-3H3,(H2,16,19,20). The van der Waals surface area contributed by atoms with E-state index in [1.165, 1.54) is 0 Å².